The van der Waals surface area contributed by atoms with E-state index in [0.29, 0.717) is 12.2 Å². The van der Waals surface area contributed by atoms with Gasteiger partial charge in [-0.1, -0.05) is 6.92 Å². The first-order chi connectivity index (χ1) is 11.9. The molecule has 0 aromatic carbocycles. The van der Waals surface area contributed by atoms with Crippen molar-refractivity contribution in [2.24, 2.45) is 5.92 Å². The molecule has 1 aromatic rings. The van der Waals surface area contributed by atoms with Crippen molar-refractivity contribution in [3.05, 3.63) is 17.5 Å². The number of hydrogen-bond acceptors (Lipinski definition) is 5. The minimum absolute atomic E-state index is 0.194. The van der Waals surface area contributed by atoms with Gasteiger partial charge in [0, 0.05) is 32.7 Å². The molecule has 0 spiro atoms. The Hall–Kier alpha value is -1.93. The van der Waals surface area contributed by atoms with Crippen molar-refractivity contribution < 1.29 is 14.7 Å². The lowest BCUT2D eigenvalue weighted by Gasteiger charge is -2.31. The SMILES string of the molecule is CC1CCN(CCN(C)C(=O)c2cc3n(n2)CC(O)CNC3=O)CC1. The molecule has 2 aliphatic heterocycles. The number of nitrogens with one attached hydrogen (secondary N) is 1. The molecule has 1 fully saturated rings. The average Bonchev–Trinajstić information content (AvgIpc) is 2.96. The van der Waals surface area contributed by atoms with Crippen molar-refractivity contribution in [3.63, 3.8) is 0 Å². The maximum Gasteiger partial charge on any atom is 0.274 e. The molecule has 0 saturated carbocycles. The molecule has 0 bridgehead atoms. The number of nitrogens with zero attached hydrogens (tertiary/aromatic N) is 4. The molecule has 25 heavy (non-hydrogen) atoms. The van der Waals surface area contributed by atoms with Crippen LogP contribution < -0.4 is 5.32 Å². The summed E-state index contributed by atoms with van der Waals surface area (Å²) in [7, 11) is 1.76. The lowest BCUT2D eigenvalue weighted by molar-refractivity contribution is 0.0759. The molecule has 2 amide bonds. The summed E-state index contributed by atoms with van der Waals surface area (Å²) in [4.78, 5) is 28.6. The van der Waals surface area contributed by atoms with Crippen LogP contribution in [0.15, 0.2) is 6.07 Å². The third-order valence-electron chi connectivity index (χ3n) is 5.09. The minimum Gasteiger partial charge on any atom is -0.389 e. The number of rotatable bonds is 4. The normalized spacial score (nSPS) is 22.2. The van der Waals surface area contributed by atoms with Gasteiger partial charge in [-0.2, -0.15) is 5.10 Å². The standard InChI is InChI=1S/C17H27N5O3/c1-12-3-5-21(6-4-12)8-7-20(2)17(25)14-9-15-16(24)18-10-13(23)11-22(15)19-14/h9,12-13,23H,3-8,10-11H2,1-2H3,(H,18,24). The molecule has 0 aliphatic carbocycles. The number of aliphatic hydroxyl groups excluding tert-OH is 1. The molecule has 3 heterocycles. The Balaban J connectivity index is 1.60. The van der Waals surface area contributed by atoms with Crippen molar-refractivity contribution >= 4 is 11.8 Å². The maximum atomic E-state index is 12.6. The van der Waals surface area contributed by atoms with E-state index >= 15 is 0 Å². The predicted octanol–water partition coefficient (Wildman–Crippen LogP) is -0.209. The zero-order valence-corrected chi connectivity index (χ0v) is 14.9. The summed E-state index contributed by atoms with van der Waals surface area (Å²) < 4.78 is 1.42. The van der Waals surface area contributed by atoms with Crippen LogP contribution in [-0.4, -0.2) is 82.4 Å². The number of piperidine rings is 1. The molecular weight excluding hydrogens is 322 g/mol. The van der Waals surface area contributed by atoms with Crippen molar-refractivity contribution in [3.8, 4) is 0 Å². The quantitative estimate of drug-likeness (QED) is 0.785. The molecular formula is C17H27N5O3. The lowest BCUT2D eigenvalue weighted by atomic mass is 9.99. The predicted molar refractivity (Wildman–Crippen MR) is 92.4 cm³/mol. The zero-order chi connectivity index (χ0) is 18.0. The number of aromatic nitrogens is 2. The van der Waals surface area contributed by atoms with Gasteiger partial charge in [-0.15, -0.1) is 0 Å². The van der Waals surface area contributed by atoms with Crippen LogP contribution in [0.1, 0.15) is 40.7 Å². The smallest absolute Gasteiger partial charge is 0.274 e. The fourth-order valence-corrected chi connectivity index (χ4v) is 3.28. The molecule has 2 aliphatic rings. The molecule has 2 N–H and O–H groups in total. The Morgan fingerprint density at radius 3 is 2.88 bits per heavy atom. The summed E-state index contributed by atoms with van der Waals surface area (Å²) >= 11 is 0. The van der Waals surface area contributed by atoms with Gasteiger partial charge < -0.3 is 20.2 Å². The zero-order valence-electron chi connectivity index (χ0n) is 14.9. The molecule has 138 valence electrons. The Morgan fingerprint density at radius 1 is 1.44 bits per heavy atom. The van der Waals surface area contributed by atoms with Crippen LogP contribution in [-0.2, 0) is 6.54 Å². The minimum atomic E-state index is -0.702. The monoisotopic (exact) mass is 349 g/mol. The van der Waals surface area contributed by atoms with E-state index in [4.69, 9.17) is 0 Å². The van der Waals surface area contributed by atoms with E-state index < -0.39 is 6.10 Å². The van der Waals surface area contributed by atoms with Crippen LogP contribution in [0.5, 0.6) is 0 Å². The second-order valence-electron chi connectivity index (χ2n) is 7.21. The molecule has 0 radical (unpaired) electrons. The van der Waals surface area contributed by atoms with E-state index in [1.54, 1.807) is 11.9 Å². The van der Waals surface area contributed by atoms with Crippen LogP contribution in [0.4, 0.5) is 0 Å². The number of likely N-dealkylation sites (N-methyl/N-ethyl adjacent to an activating group) is 1. The van der Waals surface area contributed by atoms with Crippen LogP contribution in [0.3, 0.4) is 0 Å². The van der Waals surface area contributed by atoms with E-state index in [9.17, 15) is 14.7 Å². The third kappa shape index (κ3) is 4.19. The summed E-state index contributed by atoms with van der Waals surface area (Å²) in [6.45, 7) is 6.33. The number of hydrogen-bond donors (Lipinski definition) is 2. The number of fused-ring (bicyclic) bond motifs is 1. The lowest BCUT2D eigenvalue weighted by Crippen LogP contribution is -2.40. The Bertz CT molecular complexity index is 636. The third-order valence-corrected chi connectivity index (χ3v) is 5.09. The number of carbonyl (C=O) groups is 2. The Kier molecular flexibility index (Phi) is 5.39. The Morgan fingerprint density at radius 2 is 2.16 bits per heavy atom. The van der Waals surface area contributed by atoms with Gasteiger partial charge in [-0.05, 0) is 31.8 Å². The van der Waals surface area contributed by atoms with Crippen molar-refractivity contribution in [2.75, 3.05) is 39.8 Å². The second kappa shape index (κ2) is 7.53. The van der Waals surface area contributed by atoms with Gasteiger partial charge in [0.05, 0.1) is 12.6 Å². The van der Waals surface area contributed by atoms with E-state index in [1.165, 1.54) is 23.6 Å². The molecule has 8 heteroatoms. The van der Waals surface area contributed by atoms with Gasteiger partial charge in [-0.3, -0.25) is 14.3 Å². The first kappa shape index (κ1) is 17.9. The van der Waals surface area contributed by atoms with Crippen molar-refractivity contribution in [1.29, 1.82) is 0 Å². The molecule has 1 atom stereocenters. The largest absolute Gasteiger partial charge is 0.389 e. The van der Waals surface area contributed by atoms with Gasteiger partial charge in [0.2, 0.25) is 0 Å². The summed E-state index contributed by atoms with van der Waals surface area (Å²) in [5.74, 6) is 0.277. The van der Waals surface area contributed by atoms with Gasteiger partial charge >= 0.3 is 0 Å². The second-order valence-corrected chi connectivity index (χ2v) is 7.21. The molecule has 1 aromatic heterocycles. The van der Waals surface area contributed by atoms with E-state index in [1.807, 2.05) is 0 Å². The van der Waals surface area contributed by atoms with E-state index in [2.05, 4.69) is 22.2 Å². The summed E-state index contributed by atoms with van der Waals surface area (Å²) in [5, 5.41) is 16.6. The van der Waals surface area contributed by atoms with Gasteiger partial charge in [0.25, 0.3) is 11.8 Å². The molecule has 8 nitrogen and oxygen atoms in total. The maximum absolute atomic E-state index is 12.6. The number of β-amino-alcohol motifs (C(OH)–C–C–N with tert-alkyl or cyclic N) is 1. The topological polar surface area (TPSA) is 90.7 Å². The average molecular weight is 349 g/mol. The van der Waals surface area contributed by atoms with Gasteiger partial charge in [0.15, 0.2) is 5.69 Å². The van der Waals surface area contributed by atoms with Gasteiger partial charge in [0.1, 0.15) is 5.69 Å². The number of likely N-dealkylation sites (tertiary alicyclic amines) is 1. The number of amides is 2. The van der Waals surface area contributed by atoms with Crippen molar-refractivity contribution in [2.45, 2.75) is 32.4 Å². The van der Waals surface area contributed by atoms with E-state index in [-0.39, 0.29) is 30.6 Å². The summed E-state index contributed by atoms with van der Waals surface area (Å²) in [6, 6.07) is 1.51. The van der Waals surface area contributed by atoms with Crippen LogP contribution >= 0.6 is 0 Å². The highest BCUT2D eigenvalue weighted by Gasteiger charge is 2.25. The fourth-order valence-electron chi connectivity index (χ4n) is 3.28. The summed E-state index contributed by atoms with van der Waals surface area (Å²) in [5.41, 5.74) is 0.562. The molecule has 1 unspecified atom stereocenters. The van der Waals surface area contributed by atoms with Crippen molar-refractivity contribution in [1.82, 2.24) is 24.9 Å². The first-order valence-corrected chi connectivity index (χ1v) is 8.96. The molecule has 3 rings (SSSR count). The number of carbonyl (C=O) groups excluding carboxylic acids is 2. The highest BCUT2D eigenvalue weighted by molar-refractivity contribution is 5.98. The first-order valence-electron chi connectivity index (χ1n) is 8.96. The van der Waals surface area contributed by atoms with Crippen LogP contribution in [0.25, 0.3) is 0 Å². The van der Waals surface area contributed by atoms with E-state index in [0.717, 1.165) is 25.6 Å². The molecule has 1 saturated heterocycles. The number of aliphatic hydroxyl groups is 1. The Labute approximate surface area is 147 Å². The van der Waals surface area contributed by atoms with Crippen LogP contribution in [0.2, 0.25) is 0 Å². The summed E-state index contributed by atoms with van der Waals surface area (Å²) in [6.07, 6.45) is 1.72. The van der Waals surface area contributed by atoms with Crippen LogP contribution in [0, 0.1) is 5.92 Å². The highest BCUT2D eigenvalue weighted by Crippen LogP contribution is 2.16. The fraction of sp³-hybridized carbons (Fsp3) is 0.706. The van der Waals surface area contributed by atoms with Gasteiger partial charge in [-0.25, -0.2) is 0 Å². The highest BCUT2D eigenvalue weighted by atomic mass is 16.3.